The van der Waals surface area contributed by atoms with Gasteiger partial charge in [-0.15, -0.1) is 0 Å². The lowest BCUT2D eigenvalue weighted by Crippen LogP contribution is -2.43. The van der Waals surface area contributed by atoms with E-state index in [4.69, 9.17) is 4.74 Å². The lowest BCUT2D eigenvalue weighted by atomic mass is 9.95. The summed E-state index contributed by atoms with van der Waals surface area (Å²) in [5, 5.41) is 2.88. The molecule has 0 radical (unpaired) electrons. The van der Waals surface area contributed by atoms with Gasteiger partial charge in [-0.25, -0.2) is 0 Å². The summed E-state index contributed by atoms with van der Waals surface area (Å²) in [5.74, 6) is 0.325. The lowest BCUT2D eigenvalue weighted by Gasteiger charge is -2.32. The molecule has 3 rings (SSSR count). The van der Waals surface area contributed by atoms with Crippen molar-refractivity contribution in [2.45, 2.75) is 33.3 Å². The van der Waals surface area contributed by atoms with Crippen LogP contribution in [-0.4, -0.2) is 43.5 Å². The molecule has 2 aromatic carbocycles. The SMILES string of the molecule is COc1ccc(-c2cc(NC(=O)C3CCN(C(=O)C(C)C)CC3)ccc2OC(F)F)cc1. The third kappa shape index (κ3) is 5.75. The fourth-order valence-electron chi connectivity index (χ4n) is 3.77. The van der Waals surface area contributed by atoms with Crippen LogP contribution in [0.15, 0.2) is 42.5 Å². The molecular weight excluding hydrogens is 418 g/mol. The Morgan fingerprint density at radius 3 is 2.28 bits per heavy atom. The number of anilines is 1. The van der Waals surface area contributed by atoms with Crippen molar-refractivity contribution in [3.05, 3.63) is 42.5 Å². The zero-order valence-electron chi connectivity index (χ0n) is 18.4. The lowest BCUT2D eigenvalue weighted by molar-refractivity contribution is -0.137. The number of rotatable bonds is 7. The normalized spacial score (nSPS) is 14.5. The predicted octanol–water partition coefficient (Wildman–Crippen LogP) is 4.80. The molecule has 0 spiro atoms. The van der Waals surface area contributed by atoms with Crippen LogP contribution in [0, 0.1) is 11.8 Å². The molecule has 1 aliphatic rings. The molecule has 2 aromatic rings. The Labute approximate surface area is 186 Å². The molecule has 1 fully saturated rings. The van der Waals surface area contributed by atoms with Crippen molar-refractivity contribution in [1.82, 2.24) is 4.90 Å². The molecule has 1 saturated heterocycles. The number of amides is 2. The Bertz CT molecular complexity index is 940. The summed E-state index contributed by atoms with van der Waals surface area (Å²) in [6.07, 6.45) is 1.17. The number of likely N-dealkylation sites (tertiary alicyclic amines) is 1. The Hall–Kier alpha value is -3.16. The summed E-state index contributed by atoms with van der Waals surface area (Å²) in [7, 11) is 1.54. The molecule has 1 N–H and O–H groups in total. The fourth-order valence-corrected chi connectivity index (χ4v) is 3.77. The molecule has 2 amide bonds. The Morgan fingerprint density at radius 1 is 1.06 bits per heavy atom. The molecule has 172 valence electrons. The summed E-state index contributed by atoms with van der Waals surface area (Å²) in [6.45, 7) is 1.86. The van der Waals surface area contributed by atoms with Crippen molar-refractivity contribution in [3.63, 3.8) is 0 Å². The maximum Gasteiger partial charge on any atom is 0.387 e. The van der Waals surface area contributed by atoms with E-state index in [0.717, 1.165) is 0 Å². The van der Waals surface area contributed by atoms with E-state index in [1.165, 1.54) is 6.07 Å². The second-order valence-electron chi connectivity index (χ2n) is 8.06. The van der Waals surface area contributed by atoms with Crippen molar-refractivity contribution in [2.24, 2.45) is 11.8 Å². The van der Waals surface area contributed by atoms with Gasteiger partial charge >= 0.3 is 6.61 Å². The highest BCUT2D eigenvalue weighted by Crippen LogP contribution is 2.35. The van der Waals surface area contributed by atoms with E-state index in [9.17, 15) is 18.4 Å². The first kappa shape index (κ1) is 23.5. The first-order chi connectivity index (χ1) is 15.3. The molecule has 1 aliphatic heterocycles. The number of piperidine rings is 1. The van der Waals surface area contributed by atoms with Crippen LogP contribution in [0.3, 0.4) is 0 Å². The Kier molecular flexibility index (Phi) is 7.66. The highest BCUT2D eigenvalue weighted by atomic mass is 19.3. The number of hydrogen-bond donors (Lipinski definition) is 1. The van der Waals surface area contributed by atoms with Crippen LogP contribution in [0.2, 0.25) is 0 Å². The molecule has 0 aromatic heterocycles. The number of benzene rings is 2. The standard InChI is InChI=1S/C24H28F2N2O4/c1-15(2)23(30)28-12-10-17(11-13-28)22(29)27-18-6-9-21(32-24(25)26)20(14-18)16-4-7-19(31-3)8-5-16/h4-9,14-15,17,24H,10-13H2,1-3H3,(H,27,29). The van der Waals surface area contributed by atoms with Gasteiger partial charge in [0.05, 0.1) is 7.11 Å². The third-order valence-electron chi connectivity index (χ3n) is 5.54. The molecule has 8 heteroatoms. The van der Waals surface area contributed by atoms with Gasteiger partial charge in [0.25, 0.3) is 0 Å². The highest BCUT2D eigenvalue weighted by molar-refractivity contribution is 5.94. The number of nitrogens with one attached hydrogen (secondary N) is 1. The largest absolute Gasteiger partial charge is 0.497 e. The number of methoxy groups -OCH3 is 1. The third-order valence-corrected chi connectivity index (χ3v) is 5.54. The molecular formula is C24H28F2N2O4. The summed E-state index contributed by atoms with van der Waals surface area (Å²) < 4.78 is 35.6. The minimum absolute atomic E-state index is 0.0173. The van der Waals surface area contributed by atoms with Crippen LogP contribution in [0.25, 0.3) is 11.1 Å². The average molecular weight is 446 g/mol. The van der Waals surface area contributed by atoms with Crippen LogP contribution in [-0.2, 0) is 9.59 Å². The monoisotopic (exact) mass is 446 g/mol. The molecule has 6 nitrogen and oxygen atoms in total. The van der Waals surface area contributed by atoms with Gasteiger partial charge in [0.15, 0.2) is 0 Å². The summed E-state index contributed by atoms with van der Waals surface area (Å²) in [6, 6.07) is 11.5. The minimum Gasteiger partial charge on any atom is -0.497 e. The summed E-state index contributed by atoms with van der Waals surface area (Å²) in [5.41, 5.74) is 1.57. The first-order valence-electron chi connectivity index (χ1n) is 10.6. The molecule has 0 aliphatic carbocycles. The van der Waals surface area contributed by atoms with Crippen molar-refractivity contribution in [3.8, 4) is 22.6 Å². The average Bonchev–Trinajstić information content (AvgIpc) is 2.79. The van der Waals surface area contributed by atoms with Crippen LogP contribution < -0.4 is 14.8 Å². The van der Waals surface area contributed by atoms with Gasteiger partial charge in [-0.05, 0) is 48.7 Å². The number of halogens is 2. The number of nitrogens with zero attached hydrogens (tertiary/aromatic N) is 1. The number of alkyl halides is 2. The van der Waals surface area contributed by atoms with E-state index in [-0.39, 0.29) is 29.4 Å². The smallest absolute Gasteiger partial charge is 0.387 e. The zero-order chi connectivity index (χ0) is 23.3. The highest BCUT2D eigenvalue weighted by Gasteiger charge is 2.28. The molecule has 32 heavy (non-hydrogen) atoms. The van der Waals surface area contributed by atoms with Crippen molar-refractivity contribution < 1.29 is 27.8 Å². The van der Waals surface area contributed by atoms with E-state index in [2.05, 4.69) is 10.1 Å². The van der Waals surface area contributed by atoms with Crippen molar-refractivity contribution in [2.75, 3.05) is 25.5 Å². The van der Waals surface area contributed by atoms with Gasteiger partial charge in [-0.2, -0.15) is 8.78 Å². The van der Waals surface area contributed by atoms with Crippen LogP contribution in [0.4, 0.5) is 14.5 Å². The topological polar surface area (TPSA) is 67.9 Å². The maximum atomic E-state index is 12.9. The van der Waals surface area contributed by atoms with Gasteiger partial charge in [0.2, 0.25) is 11.8 Å². The van der Waals surface area contributed by atoms with E-state index in [1.807, 2.05) is 13.8 Å². The fraction of sp³-hybridized carbons (Fsp3) is 0.417. The van der Waals surface area contributed by atoms with Gasteiger partial charge in [0.1, 0.15) is 11.5 Å². The molecule has 0 unspecified atom stereocenters. The predicted molar refractivity (Wildman–Crippen MR) is 118 cm³/mol. The van der Waals surface area contributed by atoms with Gasteiger partial charge in [-0.1, -0.05) is 26.0 Å². The number of carbonyl (C=O) groups is 2. The van der Waals surface area contributed by atoms with E-state index in [1.54, 1.807) is 48.4 Å². The van der Waals surface area contributed by atoms with Crippen LogP contribution >= 0.6 is 0 Å². The van der Waals surface area contributed by atoms with Crippen LogP contribution in [0.1, 0.15) is 26.7 Å². The van der Waals surface area contributed by atoms with E-state index in [0.29, 0.717) is 48.5 Å². The quantitative estimate of drug-likeness (QED) is 0.664. The number of hydrogen-bond acceptors (Lipinski definition) is 4. The molecule has 1 heterocycles. The Morgan fingerprint density at radius 2 is 1.72 bits per heavy atom. The molecule has 0 atom stereocenters. The van der Waals surface area contributed by atoms with Crippen LogP contribution in [0.5, 0.6) is 11.5 Å². The Balaban J connectivity index is 1.74. The van der Waals surface area contributed by atoms with Crippen molar-refractivity contribution in [1.29, 1.82) is 0 Å². The summed E-state index contributed by atoms with van der Waals surface area (Å²) >= 11 is 0. The van der Waals surface area contributed by atoms with Gasteiger partial charge < -0.3 is 19.7 Å². The van der Waals surface area contributed by atoms with Crippen molar-refractivity contribution >= 4 is 17.5 Å². The molecule has 0 bridgehead atoms. The maximum absolute atomic E-state index is 12.9. The van der Waals surface area contributed by atoms with E-state index < -0.39 is 6.61 Å². The van der Waals surface area contributed by atoms with Gasteiger partial charge in [-0.3, -0.25) is 9.59 Å². The molecule has 0 saturated carbocycles. The van der Waals surface area contributed by atoms with E-state index >= 15 is 0 Å². The first-order valence-corrected chi connectivity index (χ1v) is 10.6. The number of ether oxygens (including phenoxy) is 2. The number of carbonyl (C=O) groups excluding carboxylic acids is 2. The summed E-state index contributed by atoms with van der Waals surface area (Å²) in [4.78, 5) is 26.7. The second-order valence-corrected chi connectivity index (χ2v) is 8.06. The second kappa shape index (κ2) is 10.4. The minimum atomic E-state index is -2.97. The van der Waals surface area contributed by atoms with Gasteiger partial charge in [0, 0.05) is 36.2 Å². The zero-order valence-corrected chi connectivity index (χ0v) is 18.4.